The molecule has 0 bridgehead atoms. The van der Waals surface area contributed by atoms with E-state index in [0.29, 0.717) is 12.5 Å². The van der Waals surface area contributed by atoms with Crippen LogP contribution in [0.15, 0.2) is 30.3 Å². The van der Waals surface area contributed by atoms with Crippen molar-refractivity contribution in [2.24, 2.45) is 5.73 Å². The van der Waals surface area contributed by atoms with E-state index in [9.17, 15) is 4.79 Å². The number of para-hydroxylation sites is 1. The van der Waals surface area contributed by atoms with Crippen LogP contribution in [0.4, 0.5) is 0 Å². The van der Waals surface area contributed by atoms with E-state index in [-0.39, 0.29) is 12.0 Å². The van der Waals surface area contributed by atoms with Gasteiger partial charge in [-0.15, -0.1) is 0 Å². The molecule has 0 spiro atoms. The molecule has 2 unspecified atom stereocenters. The zero-order valence-corrected chi connectivity index (χ0v) is 11.6. The van der Waals surface area contributed by atoms with E-state index < -0.39 is 5.54 Å². The normalized spacial score (nSPS) is 19.5. The molecule has 1 saturated carbocycles. The first-order valence-electron chi connectivity index (χ1n) is 6.79. The van der Waals surface area contributed by atoms with Crippen LogP contribution >= 0.6 is 0 Å². The van der Waals surface area contributed by atoms with Gasteiger partial charge in [0.15, 0.2) is 0 Å². The molecular weight excluding hydrogens is 240 g/mol. The highest BCUT2D eigenvalue weighted by Gasteiger charge is 2.38. The molecule has 4 nitrogen and oxygen atoms in total. The first-order chi connectivity index (χ1) is 8.99. The first-order valence-corrected chi connectivity index (χ1v) is 6.79. The van der Waals surface area contributed by atoms with E-state index in [2.05, 4.69) is 5.32 Å². The van der Waals surface area contributed by atoms with Gasteiger partial charge in [0, 0.05) is 12.5 Å². The van der Waals surface area contributed by atoms with Gasteiger partial charge in [0.05, 0.1) is 11.6 Å². The Morgan fingerprint density at radius 3 is 2.63 bits per heavy atom. The number of ether oxygens (including phenoxy) is 1. The number of amides is 1. The molecule has 0 saturated heterocycles. The monoisotopic (exact) mass is 262 g/mol. The molecule has 4 heteroatoms. The second-order valence-corrected chi connectivity index (χ2v) is 5.56. The summed E-state index contributed by atoms with van der Waals surface area (Å²) in [5.74, 6) is 0.496. The minimum absolute atomic E-state index is 0.0776. The summed E-state index contributed by atoms with van der Waals surface area (Å²) >= 11 is 0. The Balaban J connectivity index is 1.94. The number of primary amides is 1. The number of rotatable bonds is 7. The van der Waals surface area contributed by atoms with Gasteiger partial charge in [-0.1, -0.05) is 18.2 Å². The Bertz CT molecular complexity index is 431. The van der Waals surface area contributed by atoms with E-state index in [1.807, 2.05) is 44.2 Å². The molecule has 1 aromatic carbocycles. The third-order valence-corrected chi connectivity index (χ3v) is 3.42. The molecule has 104 valence electrons. The molecule has 0 radical (unpaired) electrons. The Labute approximate surface area is 114 Å². The van der Waals surface area contributed by atoms with E-state index in [1.165, 1.54) is 0 Å². The zero-order valence-electron chi connectivity index (χ0n) is 11.6. The Morgan fingerprint density at radius 2 is 2.11 bits per heavy atom. The number of benzene rings is 1. The third-order valence-electron chi connectivity index (χ3n) is 3.42. The van der Waals surface area contributed by atoms with Crippen LogP contribution in [0.5, 0.6) is 5.75 Å². The number of hydrogen-bond acceptors (Lipinski definition) is 3. The molecule has 2 atom stereocenters. The Morgan fingerprint density at radius 1 is 1.47 bits per heavy atom. The van der Waals surface area contributed by atoms with Crippen LogP contribution in [-0.2, 0) is 4.79 Å². The topological polar surface area (TPSA) is 64.3 Å². The van der Waals surface area contributed by atoms with Gasteiger partial charge in [0.1, 0.15) is 5.75 Å². The molecule has 1 aromatic rings. The fourth-order valence-corrected chi connectivity index (χ4v) is 2.26. The fourth-order valence-electron chi connectivity index (χ4n) is 2.26. The molecule has 3 N–H and O–H groups in total. The number of hydrogen-bond donors (Lipinski definition) is 2. The van der Waals surface area contributed by atoms with E-state index >= 15 is 0 Å². The molecule has 1 aliphatic rings. The largest absolute Gasteiger partial charge is 0.491 e. The summed E-state index contributed by atoms with van der Waals surface area (Å²) in [5.41, 5.74) is 4.83. The summed E-state index contributed by atoms with van der Waals surface area (Å²) < 4.78 is 5.81. The lowest BCUT2D eigenvalue weighted by atomic mass is 9.93. The van der Waals surface area contributed by atoms with Crippen LogP contribution in [0.3, 0.4) is 0 Å². The average molecular weight is 262 g/mol. The molecule has 0 heterocycles. The molecule has 2 rings (SSSR count). The Kier molecular flexibility index (Phi) is 4.10. The summed E-state index contributed by atoms with van der Waals surface area (Å²) in [6.45, 7) is 3.82. The second kappa shape index (κ2) is 5.61. The van der Waals surface area contributed by atoms with Gasteiger partial charge >= 0.3 is 0 Å². The van der Waals surface area contributed by atoms with Gasteiger partial charge in [0.2, 0.25) is 5.91 Å². The SMILES string of the molecule is CC(CC(C)(NC1CC1)C(N)=O)Oc1ccccc1. The predicted molar refractivity (Wildman–Crippen MR) is 74.9 cm³/mol. The van der Waals surface area contributed by atoms with Gasteiger partial charge in [-0.05, 0) is 38.8 Å². The van der Waals surface area contributed by atoms with Crippen molar-refractivity contribution >= 4 is 5.91 Å². The second-order valence-electron chi connectivity index (χ2n) is 5.56. The average Bonchev–Trinajstić information content (AvgIpc) is 3.13. The van der Waals surface area contributed by atoms with Crippen molar-refractivity contribution in [2.75, 3.05) is 0 Å². The van der Waals surface area contributed by atoms with Crippen LogP contribution < -0.4 is 15.8 Å². The zero-order chi connectivity index (χ0) is 13.9. The summed E-state index contributed by atoms with van der Waals surface area (Å²) in [6, 6.07) is 10.1. The first kappa shape index (κ1) is 13.9. The van der Waals surface area contributed by atoms with Crippen molar-refractivity contribution in [2.45, 2.75) is 50.8 Å². The minimum Gasteiger partial charge on any atom is -0.491 e. The number of carbonyl (C=O) groups excluding carboxylic acids is 1. The fraction of sp³-hybridized carbons (Fsp3) is 0.533. The van der Waals surface area contributed by atoms with Crippen LogP contribution in [0.1, 0.15) is 33.1 Å². The predicted octanol–water partition coefficient (Wildman–Crippen LogP) is 1.84. The molecule has 0 aromatic heterocycles. The lowest BCUT2D eigenvalue weighted by Gasteiger charge is -2.30. The highest BCUT2D eigenvalue weighted by Crippen LogP contribution is 2.25. The minimum atomic E-state index is -0.699. The van der Waals surface area contributed by atoms with Crippen LogP contribution in [-0.4, -0.2) is 23.6 Å². The maximum atomic E-state index is 11.7. The van der Waals surface area contributed by atoms with Crippen molar-refractivity contribution in [3.8, 4) is 5.75 Å². The molecule has 19 heavy (non-hydrogen) atoms. The smallest absolute Gasteiger partial charge is 0.237 e. The maximum Gasteiger partial charge on any atom is 0.237 e. The Hall–Kier alpha value is -1.55. The van der Waals surface area contributed by atoms with E-state index in [1.54, 1.807) is 0 Å². The van der Waals surface area contributed by atoms with Gasteiger partial charge in [-0.3, -0.25) is 4.79 Å². The summed E-state index contributed by atoms with van der Waals surface area (Å²) in [4.78, 5) is 11.7. The van der Waals surface area contributed by atoms with Gasteiger partial charge in [0.25, 0.3) is 0 Å². The third kappa shape index (κ3) is 3.96. The van der Waals surface area contributed by atoms with E-state index in [4.69, 9.17) is 10.5 Å². The van der Waals surface area contributed by atoms with Crippen LogP contribution in [0.25, 0.3) is 0 Å². The highest BCUT2D eigenvalue weighted by atomic mass is 16.5. The lowest BCUT2D eigenvalue weighted by molar-refractivity contribution is -0.124. The standard InChI is InChI=1S/C15H22N2O2/c1-11(19-13-6-4-3-5-7-13)10-15(2,14(16)18)17-12-8-9-12/h3-7,11-12,17H,8-10H2,1-2H3,(H2,16,18). The quantitative estimate of drug-likeness (QED) is 0.788. The summed E-state index contributed by atoms with van der Waals surface area (Å²) in [7, 11) is 0. The van der Waals surface area contributed by atoms with Gasteiger partial charge < -0.3 is 15.8 Å². The molecule has 1 amide bonds. The molecular formula is C15H22N2O2. The molecule has 1 aliphatic carbocycles. The summed E-state index contributed by atoms with van der Waals surface area (Å²) in [5, 5.41) is 3.33. The number of nitrogens with one attached hydrogen (secondary N) is 1. The summed E-state index contributed by atoms with van der Waals surface area (Å²) in [6.07, 6.45) is 2.73. The van der Waals surface area contributed by atoms with Crippen molar-refractivity contribution in [3.63, 3.8) is 0 Å². The molecule has 0 aliphatic heterocycles. The van der Waals surface area contributed by atoms with Crippen molar-refractivity contribution in [3.05, 3.63) is 30.3 Å². The van der Waals surface area contributed by atoms with Crippen LogP contribution in [0, 0.1) is 0 Å². The van der Waals surface area contributed by atoms with Crippen LogP contribution in [0.2, 0.25) is 0 Å². The van der Waals surface area contributed by atoms with Gasteiger partial charge in [-0.2, -0.15) is 0 Å². The molecule has 1 fully saturated rings. The maximum absolute atomic E-state index is 11.7. The van der Waals surface area contributed by atoms with Crippen molar-refractivity contribution < 1.29 is 9.53 Å². The van der Waals surface area contributed by atoms with Crippen molar-refractivity contribution in [1.82, 2.24) is 5.32 Å². The number of carbonyl (C=O) groups is 1. The highest BCUT2D eigenvalue weighted by molar-refractivity contribution is 5.84. The lowest BCUT2D eigenvalue weighted by Crippen LogP contribution is -2.55. The van der Waals surface area contributed by atoms with Crippen molar-refractivity contribution in [1.29, 1.82) is 0 Å². The van der Waals surface area contributed by atoms with E-state index in [0.717, 1.165) is 18.6 Å². The number of nitrogens with two attached hydrogens (primary N) is 1. The van der Waals surface area contributed by atoms with Gasteiger partial charge in [-0.25, -0.2) is 0 Å².